The van der Waals surface area contributed by atoms with E-state index in [1.54, 1.807) is 18.2 Å². The molecule has 3 rings (SSSR count). The van der Waals surface area contributed by atoms with Crippen molar-refractivity contribution in [3.05, 3.63) is 75.4 Å². The molecule has 0 spiro atoms. The molecule has 0 radical (unpaired) electrons. The molecular weight excluding hydrogens is 366 g/mol. The Kier molecular flexibility index (Phi) is 5.42. The number of ether oxygens (including phenoxy) is 1. The molecule has 5 nitrogen and oxygen atoms in total. The fourth-order valence-electron chi connectivity index (χ4n) is 3.81. The van der Waals surface area contributed by atoms with Crippen LogP contribution in [0.15, 0.2) is 30.8 Å². The van der Waals surface area contributed by atoms with Gasteiger partial charge in [-0.1, -0.05) is 24.8 Å². The smallest absolute Gasteiger partial charge is 0.326 e. The minimum Gasteiger partial charge on any atom is -0.456 e. The summed E-state index contributed by atoms with van der Waals surface area (Å²) in [7, 11) is 0. The summed E-state index contributed by atoms with van der Waals surface area (Å²) < 4.78 is 5.21. The fourth-order valence-corrected chi connectivity index (χ4v) is 3.81. The molecule has 1 heterocycles. The predicted octanol–water partition coefficient (Wildman–Crippen LogP) is 4.08. The maximum atomic E-state index is 12.8. The molecule has 0 unspecified atom stereocenters. The Labute approximate surface area is 171 Å². The van der Waals surface area contributed by atoms with Gasteiger partial charge >= 0.3 is 5.97 Å². The second-order valence-electron chi connectivity index (χ2n) is 7.47. The molecule has 0 aromatic heterocycles. The zero-order valence-electron chi connectivity index (χ0n) is 17.5. The Morgan fingerprint density at radius 1 is 0.897 bits per heavy atom. The maximum Gasteiger partial charge on any atom is 0.326 e. The van der Waals surface area contributed by atoms with Crippen molar-refractivity contribution in [1.29, 1.82) is 0 Å². The predicted molar refractivity (Wildman–Crippen MR) is 112 cm³/mol. The number of ketones is 1. The van der Waals surface area contributed by atoms with Crippen molar-refractivity contribution in [2.75, 3.05) is 13.2 Å². The van der Waals surface area contributed by atoms with Crippen molar-refractivity contribution < 1.29 is 19.1 Å². The largest absolute Gasteiger partial charge is 0.456 e. The number of nitrogens with zero attached hydrogens (tertiary/aromatic N) is 1. The molecule has 0 N–H and O–H groups in total. The Balaban J connectivity index is 1.69. The maximum absolute atomic E-state index is 12.8. The van der Waals surface area contributed by atoms with Gasteiger partial charge in [0.2, 0.25) is 5.78 Å². The molecular formula is C24H25NO4. The lowest BCUT2D eigenvalue weighted by Gasteiger charge is -2.19. The third kappa shape index (κ3) is 3.48. The van der Waals surface area contributed by atoms with Crippen molar-refractivity contribution in [2.45, 2.75) is 34.6 Å². The summed E-state index contributed by atoms with van der Waals surface area (Å²) in [6.45, 7) is 13.1. The summed E-state index contributed by atoms with van der Waals surface area (Å²) in [5, 5.41) is 0. The average Bonchev–Trinajstić information content (AvgIpc) is 2.94. The zero-order valence-corrected chi connectivity index (χ0v) is 17.5. The van der Waals surface area contributed by atoms with Gasteiger partial charge < -0.3 is 4.74 Å². The Morgan fingerprint density at radius 3 is 1.97 bits per heavy atom. The highest BCUT2D eigenvalue weighted by molar-refractivity contribution is 6.10. The highest BCUT2D eigenvalue weighted by atomic mass is 16.5. The van der Waals surface area contributed by atoms with Crippen LogP contribution >= 0.6 is 0 Å². The summed E-state index contributed by atoms with van der Waals surface area (Å²) in [5.41, 5.74) is 7.41. The van der Waals surface area contributed by atoms with Gasteiger partial charge in [0.05, 0.1) is 0 Å². The summed E-state index contributed by atoms with van der Waals surface area (Å²) in [6, 6.07) is 7.07. The van der Waals surface area contributed by atoms with E-state index in [9.17, 15) is 14.4 Å². The van der Waals surface area contributed by atoms with Gasteiger partial charge in [-0.2, -0.15) is 0 Å². The van der Waals surface area contributed by atoms with Crippen LogP contribution in [-0.4, -0.2) is 35.7 Å². The number of amides is 1. The summed E-state index contributed by atoms with van der Waals surface area (Å²) in [5.74, 6) is -1.17. The lowest BCUT2D eigenvalue weighted by atomic mass is 9.88. The van der Waals surface area contributed by atoms with Crippen molar-refractivity contribution in [1.82, 2.24) is 4.90 Å². The van der Waals surface area contributed by atoms with Crippen LogP contribution in [0.1, 0.15) is 54.1 Å². The first-order valence-corrected chi connectivity index (χ1v) is 9.51. The van der Waals surface area contributed by atoms with Gasteiger partial charge in [0.25, 0.3) is 5.91 Å². The number of fused-ring (bicyclic) bond motifs is 1. The monoisotopic (exact) mass is 391 g/mol. The van der Waals surface area contributed by atoms with Crippen molar-refractivity contribution in [3.63, 3.8) is 0 Å². The number of carbonyl (C=O) groups is 3. The van der Waals surface area contributed by atoms with E-state index < -0.39 is 5.97 Å². The summed E-state index contributed by atoms with van der Waals surface area (Å²) in [4.78, 5) is 38.9. The lowest BCUT2D eigenvalue weighted by molar-refractivity contribution is -0.142. The highest BCUT2D eigenvalue weighted by Crippen LogP contribution is 2.31. The molecule has 2 aromatic carbocycles. The lowest BCUT2D eigenvalue weighted by Crippen LogP contribution is -2.31. The number of benzene rings is 2. The van der Waals surface area contributed by atoms with Crippen molar-refractivity contribution >= 4 is 23.4 Å². The van der Waals surface area contributed by atoms with Crippen LogP contribution in [0.3, 0.4) is 0 Å². The quantitative estimate of drug-likeness (QED) is 0.569. The van der Waals surface area contributed by atoms with Gasteiger partial charge in [-0.05, 0) is 68.5 Å². The fraction of sp³-hybridized carbons (Fsp3) is 0.292. The van der Waals surface area contributed by atoms with Crippen LogP contribution in [0.2, 0.25) is 0 Å². The number of rotatable bonds is 5. The number of hydrogen-bond acceptors (Lipinski definition) is 4. The van der Waals surface area contributed by atoms with Crippen LogP contribution in [0, 0.1) is 34.6 Å². The van der Waals surface area contributed by atoms with Gasteiger partial charge in [-0.15, -0.1) is 0 Å². The first-order valence-electron chi connectivity index (χ1n) is 9.51. The summed E-state index contributed by atoms with van der Waals surface area (Å²) >= 11 is 0. The molecule has 2 aromatic rings. The van der Waals surface area contributed by atoms with E-state index in [2.05, 4.69) is 6.58 Å². The highest BCUT2D eigenvalue weighted by Gasteiger charge is 2.32. The Morgan fingerprint density at radius 2 is 1.41 bits per heavy atom. The summed E-state index contributed by atoms with van der Waals surface area (Å²) in [6.07, 6.45) is 0. The van der Waals surface area contributed by atoms with Crippen LogP contribution in [0.5, 0.6) is 0 Å². The number of esters is 1. The SMILES string of the molecule is C=C1c2ccccc2C(=O)N1CC(=O)OCC(=O)c1c(C)c(C)c(C)c(C)c1C. The van der Waals surface area contributed by atoms with E-state index in [-0.39, 0.29) is 24.8 Å². The Hall–Kier alpha value is -3.21. The van der Waals surface area contributed by atoms with Gasteiger partial charge in [0.15, 0.2) is 6.61 Å². The number of hydrogen-bond donors (Lipinski definition) is 0. The van der Waals surface area contributed by atoms with E-state index in [1.165, 1.54) is 10.5 Å². The van der Waals surface area contributed by atoms with E-state index in [4.69, 9.17) is 4.74 Å². The first-order chi connectivity index (χ1) is 13.6. The van der Waals surface area contributed by atoms with Gasteiger partial charge in [0, 0.05) is 22.4 Å². The molecule has 0 saturated carbocycles. The molecule has 0 saturated heterocycles. The van der Waals surface area contributed by atoms with E-state index >= 15 is 0 Å². The first kappa shape index (κ1) is 20.5. The molecule has 0 atom stereocenters. The van der Waals surface area contributed by atoms with Gasteiger partial charge in [-0.3, -0.25) is 19.3 Å². The normalized spacial score (nSPS) is 12.9. The van der Waals surface area contributed by atoms with E-state index in [1.807, 2.05) is 40.7 Å². The minimum absolute atomic E-state index is 0.241. The van der Waals surface area contributed by atoms with Gasteiger partial charge in [0.1, 0.15) is 6.54 Å². The Bertz CT molecular complexity index is 1000. The topological polar surface area (TPSA) is 63.7 Å². The van der Waals surface area contributed by atoms with Crippen LogP contribution in [-0.2, 0) is 9.53 Å². The molecule has 150 valence electrons. The molecule has 1 aliphatic rings. The molecule has 1 amide bonds. The molecule has 0 aliphatic carbocycles. The van der Waals surface area contributed by atoms with Crippen LogP contribution < -0.4 is 0 Å². The second-order valence-corrected chi connectivity index (χ2v) is 7.47. The number of Topliss-reactive ketones (excluding diaryl/α,β-unsaturated/α-hetero) is 1. The third-order valence-electron chi connectivity index (χ3n) is 5.97. The minimum atomic E-state index is -0.642. The average molecular weight is 391 g/mol. The van der Waals surface area contributed by atoms with E-state index in [0.717, 1.165) is 22.3 Å². The van der Waals surface area contributed by atoms with Crippen molar-refractivity contribution in [3.8, 4) is 0 Å². The second kappa shape index (κ2) is 7.66. The molecule has 0 fully saturated rings. The van der Waals surface area contributed by atoms with Crippen LogP contribution in [0.25, 0.3) is 5.70 Å². The van der Waals surface area contributed by atoms with Crippen molar-refractivity contribution in [2.24, 2.45) is 0 Å². The zero-order chi connectivity index (χ0) is 21.5. The molecule has 5 heteroatoms. The molecule has 1 aliphatic heterocycles. The number of carbonyl (C=O) groups excluding carboxylic acids is 3. The van der Waals surface area contributed by atoms with Crippen LogP contribution in [0.4, 0.5) is 0 Å². The van der Waals surface area contributed by atoms with E-state index in [0.29, 0.717) is 22.4 Å². The standard InChI is InChI=1S/C24H25NO4/c1-13-14(2)16(4)23(17(5)15(13)3)21(26)12-29-22(27)11-25-18(6)19-9-7-8-10-20(19)24(25)28/h7-10H,6,11-12H2,1-5H3. The van der Waals surface area contributed by atoms with Gasteiger partial charge in [-0.25, -0.2) is 0 Å². The molecule has 0 bridgehead atoms. The molecule has 29 heavy (non-hydrogen) atoms. The third-order valence-corrected chi connectivity index (χ3v) is 5.97.